The van der Waals surface area contributed by atoms with Gasteiger partial charge < -0.3 is 9.64 Å². The predicted octanol–water partition coefficient (Wildman–Crippen LogP) is 1.92. The lowest BCUT2D eigenvalue weighted by atomic mass is 10.2. The first-order chi connectivity index (χ1) is 12.2. The monoisotopic (exact) mass is 361 g/mol. The molecule has 7 heteroatoms. The van der Waals surface area contributed by atoms with E-state index in [0.29, 0.717) is 0 Å². The highest BCUT2D eigenvalue weighted by Crippen LogP contribution is 2.12. The fourth-order valence-corrected chi connectivity index (χ4v) is 3.24. The van der Waals surface area contributed by atoms with Crippen molar-refractivity contribution in [2.75, 3.05) is 6.61 Å². The van der Waals surface area contributed by atoms with Crippen LogP contribution in [0.3, 0.4) is 0 Å². The molecule has 0 spiro atoms. The van der Waals surface area contributed by atoms with Gasteiger partial charge in [-0.25, -0.2) is 4.79 Å². The lowest BCUT2D eigenvalue weighted by molar-refractivity contribution is -0.153. The third-order valence-electron chi connectivity index (χ3n) is 4.35. The van der Waals surface area contributed by atoms with Gasteiger partial charge in [-0.15, -0.1) is 0 Å². The quantitative estimate of drug-likeness (QED) is 0.706. The summed E-state index contributed by atoms with van der Waals surface area (Å²) in [5, 5.41) is 0. The highest BCUT2D eigenvalue weighted by molar-refractivity contribution is 5.81. The number of nitrogens with zero attached hydrogens (tertiary/aromatic N) is 3. The number of aromatic nitrogens is 2. The molecule has 0 bridgehead atoms. The van der Waals surface area contributed by atoms with E-state index in [4.69, 9.17) is 4.74 Å². The Hall–Kier alpha value is -2.57. The van der Waals surface area contributed by atoms with Crippen LogP contribution in [0.5, 0.6) is 0 Å². The molecule has 1 aromatic carbocycles. The van der Waals surface area contributed by atoms with Crippen LogP contribution in [0, 0.1) is 0 Å². The van der Waals surface area contributed by atoms with Crippen molar-refractivity contribution in [3.63, 3.8) is 0 Å². The number of imidazole rings is 1. The van der Waals surface area contributed by atoms with Gasteiger partial charge in [-0.3, -0.25) is 18.7 Å². The van der Waals surface area contributed by atoms with E-state index in [1.165, 1.54) is 0 Å². The highest BCUT2D eigenvalue weighted by Gasteiger charge is 2.21. The number of benzene rings is 1. The Labute approximate surface area is 153 Å². The second kappa shape index (κ2) is 8.21. The predicted molar refractivity (Wildman–Crippen MR) is 99.9 cm³/mol. The van der Waals surface area contributed by atoms with Gasteiger partial charge in [-0.1, -0.05) is 12.1 Å². The number of aryl methyl sites for hydroxylation is 2. The van der Waals surface area contributed by atoms with Gasteiger partial charge in [0.05, 0.1) is 17.5 Å². The number of hydrogen-bond donors (Lipinski definition) is 0. The van der Waals surface area contributed by atoms with E-state index < -0.39 is 5.97 Å². The van der Waals surface area contributed by atoms with E-state index in [1.54, 1.807) is 21.1 Å². The minimum Gasteiger partial charge on any atom is -0.456 e. The molecular weight excluding hydrogens is 334 g/mol. The van der Waals surface area contributed by atoms with Crippen molar-refractivity contribution in [1.29, 1.82) is 0 Å². The summed E-state index contributed by atoms with van der Waals surface area (Å²) in [7, 11) is 1.70. The maximum atomic E-state index is 12.3. The summed E-state index contributed by atoms with van der Waals surface area (Å²) in [5.41, 5.74) is 1.40. The lowest BCUT2D eigenvalue weighted by Gasteiger charge is -2.30. The maximum Gasteiger partial charge on any atom is 0.328 e. The Bertz CT molecular complexity index is 840. The molecule has 0 radical (unpaired) electrons. The van der Waals surface area contributed by atoms with Crippen LogP contribution in [0.15, 0.2) is 29.1 Å². The first-order valence-electron chi connectivity index (χ1n) is 8.85. The second-order valence-electron chi connectivity index (χ2n) is 6.88. The number of amides is 1. The van der Waals surface area contributed by atoms with Gasteiger partial charge in [0.1, 0.15) is 0 Å². The van der Waals surface area contributed by atoms with Crippen molar-refractivity contribution in [2.45, 2.75) is 52.7 Å². The molecule has 0 aliphatic rings. The number of esters is 1. The molecule has 2 aromatic rings. The van der Waals surface area contributed by atoms with Crippen LogP contribution in [0.4, 0.5) is 0 Å². The third-order valence-corrected chi connectivity index (χ3v) is 4.35. The molecule has 142 valence electrons. The summed E-state index contributed by atoms with van der Waals surface area (Å²) >= 11 is 0. The zero-order valence-corrected chi connectivity index (χ0v) is 16.1. The number of ether oxygens (including phenoxy) is 1. The van der Waals surface area contributed by atoms with Gasteiger partial charge in [0.25, 0.3) is 5.91 Å². The zero-order valence-electron chi connectivity index (χ0n) is 16.1. The summed E-state index contributed by atoms with van der Waals surface area (Å²) in [5.74, 6) is -0.712. The molecule has 0 aliphatic heterocycles. The van der Waals surface area contributed by atoms with E-state index in [-0.39, 0.29) is 43.3 Å². The number of carbonyl (C=O) groups is 2. The van der Waals surface area contributed by atoms with E-state index in [1.807, 2.05) is 52.0 Å². The second-order valence-corrected chi connectivity index (χ2v) is 6.88. The van der Waals surface area contributed by atoms with Gasteiger partial charge in [0.2, 0.25) is 0 Å². The molecule has 1 heterocycles. The van der Waals surface area contributed by atoms with Crippen molar-refractivity contribution >= 4 is 22.9 Å². The van der Waals surface area contributed by atoms with Crippen molar-refractivity contribution in [1.82, 2.24) is 14.0 Å². The summed E-state index contributed by atoms with van der Waals surface area (Å²) in [6.07, 6.45) is 0.0323. The molecule has 26 heavy (non-hydrogen) atoms. The average molecular weight is 361 g/mol. The number of para-hydroxylation sites is 2. The summed E-state index contributed by atoms with van der Waals surface area (Å²) in [6, 6.07) is 7.49. The Balaban J connectivity index is 1.97. The molecule has 0 atom stereocenters. The Morgan fingerprint density at radius 2 is 1.65 bits per heavy atom. The SMILES string of the molecule is CC(C)N(C(=O)COC(=O)CCn1c(=O)n(C)c2ccccc21)C(C)C. The van der Waals surface area contributed by atoms with Crippen LogP contribution in [0.2, 0.25) is 0 Å². The average Bonchev–Trinajstić information content (AvgIpc) is 2.82. The van der Waals surface area contributed by atoms with E-state index in [2.05, 4.69) is 0 Å². The maximum absolute atomic E-state index is 12.3. The normalized spacial score (nSPS) is 11.3. The largest absolute Gasteiger partial charge is 0.456 e. The number of hydrogen-bond acceptors (Lipinski definition) is 4. The molecule has 0 fully saturated rings. The van der Waals surface area contributed by atoms with Gasteiger partial charge >= 0.3 is 11.7 Å². The number of rotatable bonds is 7. The van der Waals surface area contributed by atoms with Gasteiger partial charge in [0, 0.05) is 25.7 Å². The highest BCUT2D eigenvalue weighted by atomic mass is 16.5. The molecule has 0 unspecified atom stereocenters. The Morgan fingerprint density at radius 3 is 2.23 bits per heavy atom. The van der Waals surface area contributed by atoms with E-state index in [9.17, 15) is 14.4 Å². The molecule has 2 rings (SSSR count). The lowest BCUT2D eigenvalue weighted by Crippen LogP contribution is -2.44. The molecule has 1 amide bonds. The Kier molecular flexibility index (Phi) is 6.23. The van der Waals surface area contributed by atoms with Crippen LogP contribution >= 0.6 is 0 Å². The minimum absolute atomic E-state index is 0.0323. The van der Waals surface area contributed by atoms with Crippen molar-refractivity contribution in [3.05, 3.63) is 34.7 Å². The first-order valence-corrected chi connectivity index (χ1v) is 8.85. The van der Waals surface area contributed by atoms with Crippen LogP contribution in [0.1, 0.15) is 34.1 Å². The van der Waals surface area contributed by atoms with Gasteiger partial charge in [0.15, 0.2) is 6.61 Å². The molecule has 1 aromatic heterocycles. The van der Waals surface area contributed by atoms with Gasteiger partial charge in [-0.2, -0.15) is 0 Å². The van der Waals surface area contributed by atoms with Crippen LogP contribution in [-0.2, 0) is 27.9 Å². The fourth-order valence-electron chi connectivity index (χ4n) is 3.24. The molecule has 0 saturated heterocycles. The summed E-state index contributed by atoms with van der Waals surface area (Å²) < 4.78 is 8.21. The molecule has 0 saturated carbocycles. The minimum atomic E-state index is -0.495. The van der Waals surface area contributed by atoms with Crippen LogP contribution in [-0.4, -0.2) is 44.6 Å². The van der Waals surface area contributed by atoms with Crippen LogP contribution in [0.25, 0.3) is 11.0 Å². The summed E-state index contributed by atoms with van der Waals surface area (Å²) in [6.45, 7) is 7.63. The topological polar surface area (TPSA) is 73.5 Å². The number of carbonyl (C=O) groups excluding carboxylic acids is 2. The first kappa shape index (κ1) is 19.8. The zero-order chi connectivity index (χ0) is 19.4. The summed E-state index contributed by atoms with van der Waals surface area (Å²) in [4.78, 5) is 38.3. The number of fused-ring (bicyclic) bond motifs is 1. The fraction of sp³-hybridized carbons (Fsp3) is 0.526. The van der Waals surface area contributed by atoms with Crippen LogP contribution < -0.4 is 5.69 Å². The molecule has 0 N–H and O–H groups in total. The standard InChI is InChI=1S/C19H27N3O4/c1-13(2)22(14(3)4)17(23)12-26-18(24)10-11-21-16-9-7-6-8-15(16)20(5)19(21)25/h6-9,13-14H,10-12H2,1-5H3. The third kappa shape index (κ3) is 4.15. The Morgan fingerprint density at radius 1 is 1.08 bits per heavy atom. The van der Waals surface area contributed by atoms with Gasteiger partial charge in [-0.05, 0) is 39.8 Å². The van der Waals surface area contributed by atoms with Crippen molar-refractivity contribution < 1.29 is 14.3 Å². The molecular formula is C19H27N3O4. The van der Waals surface area contributed by atoms with E-state index >= 15 is 0 Å². The van der Waals surface area contributed by atoms with Crippen molar-refractivity contribution in [2.24, 2.45) is 7.05 Å². The van der Waals surface area contributed by atoms with E-state index in [0.717, 1.165) is 11.0 Å². The molecule has 7 nitrogen and oxygen atoms in total. The van der Waals surface area contributed by atoms with Crippen molar-refractivity contribution in [3.8, 4) is 0 Å². The molecule has 0 aliphatic carbocycles. The smallest absolute Gasteiger partial charge is 0.328 e.